The van der Waals surface area contributed by atoms with Crippen molar-refractivity contribution in [1.29, 1.82) is 0 Å². The number of para-hydroxylation sites is 1. The van der Waals surface area contributed by atoms with Crippen molar-refractivity contribution in [3.63, 3.8) is 0 Å². The van der Waals surface area contributed by atoms with Crippen molar-refractivity contribution >= 4 is 38.5 Å². The molecule has 0 atom stereocenters. The molecule has 3 rings (SSSR count). The van der Waals surface area contributed by atoms with Crippen LogP contribution in [0.1, 0.15) is 5.56 Å². The van der Waals surface area contributed by atoms with Crippen LogP contribution in [0.5, 0.6) is 0 Å². The maximum Gasteiger partial charge on any atom is 0.310 e. The zero-order valence-electron chi connectivity index (χ0n) is 16.5. The molecular formula is C21H21N3O5S. The number of hydrogen-bond acceptors (Lipinski definition) is 6. The minimum Gasteiger partial charge on any atom is -0.455 e. The van der Waals surface area contributed by atoms with Gasteiger partial charge in [-0.05, 0) is 29.8 Å². The first kappa shape index (κ1) is 21.4. The number of benzene rings is 2. The van der Waals surface area contributed by atoms with E-state index in [0.717, 1.165) is 9.69 Å². The van der Waals surface area contributed by atoms with Crippen LogP contribution in [0.3, 0.4) is 0 Å². The van der Waals surface area contributed by atoms with Crippen LogP contribution < -0.4 is 5.32 Å². The van der Waals surface area contributed by atoms with Gasteiger partial charge in [0.1, 0.15) is 0 Å². The fraction of sp³-hybridized carbons (Fsp3) is 0.190. The highest BCUT2D eigenvalue weighted by Crippen LogP contribution is 2.18. The van der Waals surface area contributed by atoms with E-state index in [1.165, 1.54) is 32.3 Å². The second kappa shape index (κ2) is 9.02. The first-order valence-electron chi connectivity index (χ1n) is 9.08. The number of aromatic nitrogens is 1. The highest BCUT2D eigenvalue weighted by molar-refractivity contribution is 7.89. The van der Waals surface area contributed by atoms with Gasteiger partial charge >= 0.3 is 5.97 Å². The molecule has 0 saturated heterocycles. The standard InChI is InChI=1S/C21H21N3O5S/c1-24(2)30(27,28)18-10-4-9-17(13-18)23-19(25)14-29-20(26)12-16-7-3-6-15-8-5-11-22-21(15)16/h3-11,13H,12,14H2,1-2H3,(H,23,25). The molecule has 8 nitrogen and oxygen atoms in total. The highest BCUT2D eigenvalue weighted by Gasteiger charge is 2.18. The lowest BCUT2D eigenvalue weighted by atomic mass is 10.1. The quantitative estimate of drug-likeness (QED) is 0.580. The fourth-order valence-electron chi connectivity index (χ4n) is 2.80. The number of nitrogens with zero attached hydrogens (tertiary/aromatic N) is 2. The van der Waals surface area contributed by atoms with Gasteiger partial charge in [-0.15, -0.1) is 0 Å². The summed E-state index contributed by atoms with van der Waals surface area (Å²) in [6.07, 6.45) is 1.63. The van der Waals surface area contributed by atoms with Crippen LogP contribution in [-0.4, -0.2) is 50.3 Å². The van der Waals surface area contributed by atoms with Crippen LogP contribution in [0, 0.1) is 0 Å². The van der Waals surface area contributed by atoms with E-state index in [1.807, 2.05) is 24.3 Å². The largest absolute Gasteiger partial charge is 0.455 e. The number of fused-ring (bicyclic) bond motifs is 1. The molecule has 0 unspecified atom stereocenters. The number of carbonyl (C=O) groups excluding carboxylic acids is 2. The summed E-state index contributed by atoms with van der Waals surface area (Å²) in [5.41, 5.74) is 1.71. The third-order valence-corrected chi connectivity index (χ3v) is 6.12. The van der Waals surface area contributed by atoms with Crippen molar-refractivity contribution in [2.24, 2.45) is 0 Å². The summed E-state index contributed by atoms with van der Waals surface area (Å²) in [6.45, 7) is -0.484. The van der Waals surface area contributed by atoms with Gasteiger partial charge in [-0.25, -0.2) is 12.7 Å². The van der Waals surface area contributed by atoms with E-state index < -0.39 is 28.5 Å². The van der Waals surface area contributed by atoms with Gasteiger partial charge in [0.05, 0.1) is 16.8 Å². The van der Waals surface area contributed by atoms with Gasteiger partial charge in [0.25, 0.3) is 5.91 Å². The maximum atomic E-state index is 12.2. The van der Waals surface area contributed by atoms with Gasteiger partial charge in [-0.1, -0.05) is 30.3 Å². The second-order valence-electron chi connectivity index (χ2n) is 6.69. The SMILES string of the molecule is CN(C)S(=O)(=O)c1cccc(NC(=O)COC(=O)Cc2cccc3cccnc23)c1. The topological polar surface area (TPSA) is 106 Å². The summed E-state index contributed by atoms with van der Waals surface area (Å²) in [5, 5.41) is 3.44. The third kappa shape index (κ3) is 5.00. The Morgan fingerprint density at radius 3 is 2.57 bits per heavy atom. The second-order valence-corrected chi connectivity index (χ2v) is 8.84. The van der Waals surface area contributed by atoms with Gasteiger partial charge in [0.2, 0.25) is 10.0 Å². The molecular weight excluding hydrogens is 406 g/mol. The summed E-state index contributed by atoms with van der Waals surface area (Å²) in [5.74, 6) is -1.13. The van der Waals surface area contributed by atoms with Crippen LogP contribution in [-0.2, 0) is 30.8 Å². The summed E-state index contributed by atoms with van der Waals surface area (Å²) in [6, 6.07) is 15.1. The lowest BCUT2D eigenvalue weighted by Crippen LogP contribution is -2.23. The zero-order valence-corrected chi connectivity index (χ0v) is 17.3. The number of sulfonamides is 1. The Kier molecular flexibility index (Phi) is 6.43. The maximum absolute atomic E-state index is 12.2. The first-order chi connectivity index (χ1) is 14.3. The van der Waals surface area contributed by atoms with Crippen molar-refractivity contribution in [2.75, 3.05) is 26.0 Å². The summed E-state index contributed by atoms with van der Waals surface area (Å²) < 4.78 is 30.5. The summed E-state index contributed by atoms with van der Waals surface area (Å²) >= 11 is 0. The van der Waals surface area contributed by atoms with Crippen LogP contribution >= 0.6 is 0 Å². The number of carbonyl (C=O) groups is 2. The van der Waals surface area contributed by atoms with E-state index in [-0.39, 0.29) is 17.0 Å². The number of hydrogen-bond donors (Lipinski definition) is 1. The molecule has 9 heteroatoms. The molecule has 2 aromatic carbocycles. The van der Waals surface area contributed by atoms with Crippen LogP contribution in [0.15, 0.2) is 65.7 Å². The molecule has 0 aliphatic rings. The number of anilines is 1. The van der Waals surface area contributed by atoms with Crippen LogP contribution in [0.2, 0.25) is 0 Å². The number of amides is 1. The fourth-order valence-corrected chi connectivity index (χ4v) is 3.75. The summed E-state index contributed by atoms with van der Waals surface area (Å²) in [7, 11) is -0.778. The molecule has 1 N–H and O–H groups in total. The number of esters is 1. The number of ether oxygens (including phenoxy) is 1. The van der Waals surface area contributed by atoms with Crippen molar-refractivity contribution in [1.82, 2.24) is 9.29 Å². The normalized spacial score (nSPS) is 11.4. The molecule has 1 heterocycles. The van der Waals surface area contributed by atoms with E-state index in [9.17, 15) is 18.0 Å². The van der Waals surface area contributed by atoms with Crippen LogP contribution in [0.4, 0.5) is 5.69 Å². The smallest absolute Gasteiger partial charge is 0.310 e. The molecule has 0 saturated carbocycles. The van der Waals surface area contributed by atoms with Crippen molar-refractivity contribution in [3.05, 3.63) is 66.4 Å². The molecule has 0 fully saturated rings. The average molecular weight is 427 g/mol. The zero-order chi connectivity index (χ0) is 21.7. The van der Waals surface area contributed by atoms with Gasteiger partial charge < -0.3 is 10.1 Å². The predicted octanol–water partition coefficient (Wildman–Crippen LogP) is 2.21. The van der Waals surface area contributed by atoms with Gasteiger partial charge in [0.15, 0.2) is 6.61 Å². The molecule has 156 valence electrons. The van der Waals surface area contributed by atoms with E-state index in [4.69, 9.17) is 4.74 Å². The average Bonchev–Trinajstić information content (AvgIpc) is 2.72. The molecule has 0 aliphatic heterocycles. The van der Waals surface area contributed by atoms with Crippen molar-refractivity contribution in [3.8, 4) is 0 Å². The lowest BCUT2D eigenvalue weighted by Gasteiger charge is -2.13. The number of rotatable bonds is 7. The minimum absolute atomic E-state index is 0.0157. The molecule has 0 spiro atoms. The number of pyridine rings is 1. The van der Waals surface area contributed by atoms with Gasteiger partial charge in [-0.2, -0.15) is 0 Å². The monoisotopic (exact) mass is 427 g/mol. The molecule has 0 aliphatic carbocycles. The molecule has 1 aromatic heterocycles. The molecule has 1 amide bonds. The molecule has 3 aromatic rings. The van der Waals surface area contributed by atoms with E-state index in [1.54, 1.807) is 18.3 Å². The molecule has 0 bridgehead atoms. The van der Waals surface area contributed by atoms with E-state index >= 15 is 0 Å². The third-order valence-electron chi connectivity index (χ3n) is 4.31. The molecule has 0 radical (unpaired) electrons. The minimum atomic E-state index is -3.62. The lowest BCUT2D eigenvalue weighted by molar-refractivity contribution is -0.146. The van der Waals surface area contributed by atoms with E-state index in [0.29, 0.717) is 11.1 Å². The summed E-state index contributed by atoms with van der Waals surface area (Å²) in [4.78, 5) is 28.6. The Labute approximate surface area is 174 Å². The van der Waals surface area contributed by atoms with Crippen molar-refractivity contribution < 1.29 is 22.7 Å². The Hall–Kier alpha value is -3.30. The highest BCUT2D eigenvalue weighted by atomic mass is 32.2. The van der Waals surface area contributed by atoms with Crippen LogP contribution in [0.25, 0.3) is 10.9 Å². The molecule has 30 heavy (non-hydrogen) atoms. The van der Waals surface area contributed by atoms with Crippen molar-refractivity contribution in [2.45, 2.75) is 11.3 Å². The van der Waals surface area contributed by atoms with Gasteiger partial charge in [0, 0.05) is 31.4 Å². The predicted molar refractivity (Wildman–Crippen MR) is 112 cm³/mol. The van der Waals surface area contributed by atoms with Gasteiger partial charge in [-0.3, -0.25) is 14.6 Å². The Morgan fingerprint density at radius 2 is 1.80 bits per heavy atom. The Bertz CT molecular complexity index is 1190. The Morgan fingerprint density at radius 1 is 1.07 bits per heavy atom. The first-order valence-corrected chi connectivity index (χ1v) is 10.5. The number of nitrogens with one attached hydrogen (secondary N) is 1. The van der Waals surface area contributed by atoms with E-state index in [2.05, 4.69) is 10.3 Å². The Balaban J connectivity index is 1.59.